The fraction of sp³-hybridized carbons (Fsp3) is 0.188. The van der Waals surface area contributed by atoms with Crippen molar-refractivity contribution in [1.29, 1.82) is 0 Å². The molecule has 2 rings (SSSR count). The van der Waals surface area contributed by atoms with E-state index in [0.29, 0.717) is 6.54 Å². The van der Waals surface area contributed by atoms with Crippen LogP contribution in [-0.2, 0) is 13.0 Å². The molecule has 0 aliphatic heterocycles. The highest BCUT2D eigenvalue weighted by molar-refractivity contribution is 5.94. The van der Waals surface area contributed by atoms with Gasteiger partial charge in [0.1, 0.15) is 5.82 Å². The number of benzene rings is 2. The zero-order valence-electron chi connectivity index (χ0n) is 11.2. The quantitative estimate of drug-likeness (QED) is 0.873. The molecule has 0 atom stereocenters. The van der Waals surface area contributed by atoms with Crippen LogP contribution in [0, 0.1) is 5.82 Å². The van der Waals surface area contributed by atoms with Crippen molar-refractivity contribution in [3.05, 3.63) is 65.0 Å². The first-order valence-electron chi connectivity index (χ1n) is 6.45. The molecular weight excluding hydrogens is 257 g/mol. The number of nitrogens with one attached hydrogen (secondary N) is 1. The molecule has 0 unspecified atom stereocenters. The van der Waals surface area contributed by atoms with Gasteiger partial charge in [-0.2, -0.15) is 0 Å². The van der Waals surface area contributed by atoms with Crippen molar-refractivity contribution in [2.75, 3.05) is 5.32 Å². The van der Waals surface area contributed by atoms with Gasteiger partial charge in [-0.3, -0.25) is 0 Å². The zero-order valence-corrected chi connectivity index (χ0v) is 11.2. The molecule has 4 heteroatoms. The summed E-state index contributed by atoms with van der Waals surface area (Å²) in [5.74, 6) is -1.71. The molecule has 0 aliphatic carbocycles. The molecule has 0 fully saturated rings. The summed E-state index contributed by atoms with van der Waals surface area (Å²) < 4.78 is 13.7. The van der Waals surface area contributed by atoms with Crippen LogP contribution in [0.25, 0.3) is 0 Å². The smallest absolute Gasteiger partial charge is 0.337 e. The Bertz CT molecular complexity index is 608. The first-order chi connectivity index (χ1) is 9.61. The van der Waals surface area contributed by atoms with E-state index in [1.165, 1.54) is 23.8 Å². The van der Waals surface area contributed by atoms with Crippen molar-refractivity contribution in [2.45, 2.75) is 19.9 Å². The molecule has 0 saturated heterocycles. The lowest BCUT2D eigenvalue weighted by Gasteiger charge is -2.11. The fourth-order valence-corrected chi connectivity index (χ4v) is 1.97. The summed E-state index contributed by atoms with van der Waals surface area (Å²) in [6.07, 6.45) is 0.962. The Morgan fingerprint density at radius 3 is 2.40 bits per heavy atom. The summed E-state index contributed by atoms with van der Waals surface area (Å²) in [6, 6.07) is 11.9. The van der Waals surface area contributed by atoms with Crippen LogP contribution >= 0.6 is 0 Å². The van der Waals surface area contributed by atoms with Crippen molar-refractivity contribution >= 4 is 11.7 Å². The predicted molar refractivity (Wildman–Crippen MR) is 76.5 cm³/mol. The van der Waals surface area contributed by atoms with Crippen LogP contribution in [0.4, 0.5) is 10.1 Å². The molecule has 0 heterocycles. The molecule has 0 aliphatic rings. The van der Waals surface area contributed by atoms with Crippen LogP contribution < -0.4 is 5.32 Å². The minimum absolute atomic E-state index is 0.0274. The average molecular weight is 273 g/mol. The molecule has 2 N–H and O–H groups in total. The lowest BCUT2D eigenvalue weighted by molar-refractivity contribution is 0.0697. The summed E-state index contributed by atoms with van der Waals surface area (Å²) in [7, 11) is 0. The second-order valence-corrected chi connectivity index (χ2v) is 4.49. The maximum absolute atomic E-state index is 13.7. The van der Waals surface area contributed by atoms with Crippen molar-refractivity contribution in [2.24, 2.45) is 0 Å². The van der Waals surface area contributed by atoms with Crippen LogP contribution in [0.15, 0.2) is 42.5 Å². The van der Waals surface area contributed by atoms with E-state index in [9.17, 15) is 9.18 Å². The normalized spacial score (nSPS) is 10.3. The van der Waals surface area contributed by atoms with Gasteiger partial charge in [-0.15, -0.1) is 0 Å². The Labute approximate surface area is 117 Å². The number of aromatic carboxylic acids is 1. The van der Waals surface area contributed by atoms with Gasteiger partial charge >= 0.3 is 5.97 Å². The maximum atomic E-state index is 13.7. The van der Waals surface area contributed by atoms with Gasteiger partial charge in [0, 0.05) is 6.54 Å². The molecule has 0 spiro atoms. The van der Waals surface area contributed by atoms with Gasteiger partial charge in [0.05, 0.1) is 11.3 Å². The number of carbonyl (C=O) groups is 1. The minimum atomic E-state index is -1.15. The molecule has 104 valence electrons. The summed E-state index contributed by atoms with van der Waals surface area (Å²) in [5, 5.41) is 11.9. The Morgan fingerprint density at radius 2 is 1.80 bits per heavy atom. The number of hydrogen-bond acceptors (Lipinski definition) is 2. The van der Waals surface area contributed by atoms with Crippen molar-refractivity contribution in [1.82, 2.24) is 0 Å². The van der Waals surface area contributed by atoms with Gasteiger partial charge in [-0.1, -0.05) is 37.3 Å². The number of aryl methyl sites for hydroxylation is 1. The molecule has 0 aromatic heterocycles. The molecule has 3 nitrogen and oxygen atoms in total. The molecular formula is C16H16FNO2. The Balaban J connectivity index is 2.16. The predicted octanol–water partition coefficient (Wildman–Crippen LogP) is 3.70. The van der Waals surface area contributed by atoms with E-state index < -0.39 is 11.8 Å². The summed E-state index contributed by atoms with van der Waals surface area (Å²) in [5.41, 5.74) is 2.17. The standard InChI is InChI=1S/C16H16FNO2/c1-2-11-6-8-12(9-7-11)10-18-15-13(16(19)20)4-3-5-14(15)17/h3-9,18H,2,10H2,1H3,(H,19,20). The molecule has 2 aromatic carbocycles. The minimum Gasteiger partial charge on any atom is -0.478 e. The fourth-order valence-electron chi connectivity index (χ4n) is 1.97. The van der Waals surface area contributed by atoms with Crippen molar-refractivity contribution in [3.8, 4) is 0 Å². The molecule has 0 radical (unpaired) electrons. The molecule has 0 saturated carbocycles. The van der Waals surface area contributed by atoms with Gasteiger partial charge < -0.3 is 10.4 Å². The Morgan fingerprint density at radius 1 is 1.15 bits per heavy atom. The Kier molecular flexibility index (Phi) is 4.35. The van der Waals surface area contributed by atoms with E-state index in [2.05, 4.69) is 12.2 Å². The highest BCUT2D eigenvalue weighted by Gasteiger charge is 2.13. The first kappa shape index (κ1) is 14.1. The van der Waals surface area contributed by atoms with Crippen LogP contribution in [0.1, 0.15) is 28.4 Å². The Hall–Kier alpha value is -2.36. The largest absolute Gasteiger partial charge is 0.478 e. The third-order valence-corrected chi connectivity index (χ3v) is 3.14. The second-order valence-electron chi connectivity index (χ2n) is 4.49. The highest BCUT2D eigenvalue weighted by atomic mass is 19.1. The van der Waals surface area contributed by atoms with Crippen LogP contribution in [0.2, 0.25) is 0 Å². The number of para-hydroxylation sites is 1. The molecule has 0 amide bonds. The number of carboxylic acids is 1. The summed E-state index contributed by atoms with van der Waals surface area (Å²) >= 11 is 0. The topological polar surface area (TPSA) is 49.3 Å². The van der Waals surface area contributed by atoms with E-state index in [0.717, 1.165) is 12.0 Å². The van der Waals surface area contributed by atoms with Gasteiger partial charge in [-0.05, 0) is 29.7 Å². The zero-order chi connectivity index (χ0) is 14.5. The number of halogens is 1. The number of hydrogen-bond donors (Lipinski definition) is 2. The summed E-state index contributed by atoms with van der Waals surface area (Å²) in [4.78, 5) is 11.1. The number of anilines is 1. The van der Waals surface area contributed by atoms with Gasteiger partial charge in [0.15, 0.2) is 0 Å². The van der Waals surface area contributed by atoms with Crippen LogP contribution in [0.3, 0.4) is 0 Å². The van der Waals surface area contributed by atoms with E-state index in [1.807, 2.05) is 24.3 Å². The van der Waals surface area contributed by atoms with E-state index in [-0.39, 0.29) is 11.3 Å². The van der Waals surface area contributed by atoms with Gasteiger partial charge in [0.25, 0.3) is 0 Å². The van der Waals surface area contributed by atoms with Crippen molar-refractivity contribution in [3.63, 3.8) is 0 Å². The lowest BCUT2D eigenvalue weighted by atomic mass is 10.1. The van der Waals surface area contributed by atoms with Crippen LogP contribution in [0.5, 0.6) is 0 Å². The average Bonchev–Trinajstić information content (AvgIpc) is 2.46. The third-order valence-electron chi connectivity index (χ3n) is 3.14. The van der Waals surface area contributed by atoms with Crippen LogP contribution in [-0.4, -0.2) is 11.1 Å². The second kappa shape index (κ2) is 6.19. The first-order valence-corrected chi connectivity index (χ1v) is 6.45. The molecule has 0 bridgehead atoms. The summed E-state index contributed by atoms with van der Waals surface area (Å²) in [6.45, 7) is 2.46. The highest BCUT2D eigenvalue weighted by Crippen LogP contribution is 2.20. The van der Waals surface area contributed by atoms with E-state index in [1.54, 1.807) is 0 Å². The monoisotopic (exact) mass is 273 g/mol. The number of rotatable bonds is 5. The van der Waals surface area contributed by atoms with Crippen molar-refractivity contribution < 1.29 is 14.3 Å². The SMILES string of the molecule is CCc1ccc(CNc2c(F)cccc2C(=O)O)cc1. The third kappa shape index (κ3) is 3.15. The lowest BCUT2D eigenvalue weighted by Crippen LogP contribution is -2.08. The van der Waals surface area contributed by atoms with E-state index in [4.69, 9.17) is 5.11 Å². The van der Waals surface area contributed by atoms with Gasteiger partial charge in [-0.25, -0.2) is 9.18 Å². The van der Waals surface area contributed by atoms with Gasteiger partial charge in [0.2, 0.25) is 0 Å². The maximum Gasteiger partial charge on any atom is 0.337 e. The molecule has 20 heavy (non-hydrogen) atoms. The molecule has 2 aromatic rings. The van der Waals surface area contributed by atoms with E-state index >= 15 is 0 Å². The number of carboxylic acid groups (broad SMARTS) is 1.